The summed E-state index contributed by atoms with van der Waals surface area (Å²) in [5.41, 5.74) is 4.35. The van der Waals surface area contributed by atoms with Crippen molar-refractivity contribution in [3.05, 3.63) is 82.6 Å². The predicted octanol–water partition coefficient (Wildman–Crippen LogP) is 4.41. The molecule has 0 saturated carbocycles. The van der Waals surface area contributed by atoms with Crippen molar-refractivity contribution < 1.29 is 4.42 Å². The summed E-state index contributed by atoms with van der Waals surface area (Å²) in [6.07, 6.45) is 1.72. The summed E-state index contributed by atoms with van der Waals surface area (Å²) < 4.78 is 7.10. The van der Waals surface area contributed by atoms with Crippen molar-refractivity contribution in [1.82, 2.24) is 24.7 Å². The smallest absolute Gasteiger partial charge is 0.259 e. The number of hydrogen-bond acceptors (Lipinski definition) is 7. The van der Waals surface area contributed by atoms with Gasteiger partial charge < -0.3 is 9.73 Å². The van der Waals surface area contributed by atoms with Crippen LogP contribution in [-0.4, -0.2) is 24.7 Å². The van der Waals surface area contributed by atoms with Crippen molar-refractivity contribution in [2.75, 3.05) is 5.32 Å². The highest BCUT2D eigenvalue weighted by Crippen LogP contribution is 2.28. The summed E-state index contributed by atoms with van der Waals surface area (Å²) in [4.78, 5) is 22.3. The van der Waals surface area contributed by atoms with Gasteiger partial charge in [0.25, 0.3) is 5.56 Å². The van der Waals surface area contributed by atoms with Crippen LogP contribution in [0.4, 0.5) is 11.6 Å². The molecule has 5 aromatic rings. The lowest BCUT2D eigenvalue weighted by Gasteiger charge is -2.12. The van der Waals surface area contributed by atoms with E-state index in [1.807, 2.05) is 61.5 Å². The first-order valence-corrected chi connectivity index (χ1v) is 10.1. The Labute approximate surface area is 183 Å². The number of pyridine rings is 1. The Bertz CT molecular complexity index is 1500. The molecule has 0 aliphatic rings. The van der Waals surface area contributed by atoms with Crippen molar-refractivity contribution >= 4 is 22.7 Å². The molecule has 0 fully saturated rings. The maximum absolute atomic E-state index is 13.3. The highest BCUT2D eigenvalue weighted by atomic mass is 16.4. The molecule has 8 nitrogen and oxygen atoms in total. The van der Waals surface area contributed by atoms with Gasteiger partial charge in [-0.2, -0.15) is 4.98 Å². The maximum Gasteiger partial charge on any atom is 0.259 e. The normalized spacial score (nSPS) is 11.1. The zero-order valence-corrected chi connectivity index (χ0v) is 17.8. The number of nitrogens with one attached hydrogen (secondary N) is 1. The van der Waals surface area contributed by atoms with Gasteiger partial charge in [0.05, 0.1) is 0 Å². The predicted molar refractivity (Wildman–Crippen MR) is 123 cm³/mol. The van der Waals surface area contributed by atoms with Crippen LogP contribution >= 0.6 is 0 Å². The Morgan fingerprint density at radius 3 is 2.53 bits per heavy atom. The van der Waals surface area contributed by atoms with Crippen molar-refractivity contribution in [1.29, 1.82) is 0 Å². The third-order valence-electron chi connectivity index (χ3n) is 5.28. The van der Waals surface area contributed by atoms with E-state index in [0.717, 1.165) is 27.8 Å². The summed E-state index contributed by atoms with van der Waals surface area (Å²) in [5, 5.41) is 11.9. The fourth-order valence-corrected chi connectivity index (χ4v) is 3.61. The van der Waals surface area contributed by atoms with E-state index in [2.05, 4.69) is 25.5 Å². The molecule has 5 rings (SSSR count). The molecule has 0 atom stereocenters. The number of hydrogen-bond donors (Lipinski definition) is 1. The molecule has 0 aliphatic carbocycles. The van der Waals surface area contributed by atoms with Crippen molar-refractivity contribution in [2.45, 2.75) is 13.8 Å². The number of rotatable bonds is 4. The summed E-state index contributed by atoms with van der Waals surface area (Å²) in [7, 11) is 1.72. The van der Waals surface area contributed by atoms with Crippen molar-refractivity contribution in [2.24, 2.45) is 7.05 Å². The largest absolute Gasteiger partial charge is 0.421 e. The zero-order chi connectivity index (χ0) is 22.2. The fourth-order valence-electron chi connectivity index (χ4n) is 3.61. The highest BCUT2D eigenvalue weighted by Gasteiger charge is 2.15. The molecule has 8 heteroatoms. The lowest BCUT2D eigenvalue weighted by molar-refractivity contribution is 0.533. The summed E-state index contributed by atoms with van der Waals surface area (Å²) in [6, 6.07) is 17.2. The van der Waals surface area contributed by atoms with Crippen LogP contribution < -0.4 is 10.9 Å². The molecule has 1 N–H and O–H groups in total. The van der Waals surface area contributed by atoms with E-state index < -0.39 is 0 Å². The second-order valence-corrected chi connectivity index (χ2v) is 7.54. The van der Waals surface area contributed by atoms with E-state index in [4.69, 9.17) is 4.42 Å². The van der Waals surface area contributed by atoms with Gasteiger partial charge in [-0.25, -0.2) is 4.98 Å². The summed E-state index contributed by atoms with van der Waals surface area (Å²) in [6.45, 7) is 3.71. The minimum absolute atomic E-state index is 0.149. The SMILES string of the molecule is Cc1nnc(-c2ccc(C)c(-c3cc4cnc(Nc5ccccc5)nc4n(C)c3=O)c2)o1. The molecular weight excluding hydrogens is 404 g/mol. The highest BCUT2D eigenvalue weighted by molar-refractivity contribution is 5.83. The number of fused-ring (bicyclic) bond motifs is 1. The van der Waals surface area contributed by atoms with Gasteiger partial charge in [-0.15, -0.1) is 10.2 Å². The van der Waals surface area contributed by atoms with Crippen LogP contribution in [-0.2, 0) is 7.05 Å². The van der Waals surface area contributed by atoms with Gasteiger partial charge in [0.2, 0.25) is 17.7 Å². The van der Waals surface area contributed by atoms with Gasteiger partial charge in [-0.1, -0.05) is 24.3 Å². The Hall–Kier alpha value is -4.33. The Morgan fingerprint density at radius 2 is 1.78 bits per heavy atom. The molecule has 0 saturated heterocycles. The minimum atomic E-state index is -0.149. The zero-order valence-electron chi connectivity index (χ0n) is 17.8. The van der Waals surface area contributed by atoms with Gasteiger partial charge >= 0.3 is 0 Å². The number of benzene rings is 2. The van der Waals surface area contributed by atoms with Gasteiger partial charge in [0.15, 0.2) is 0 Å². The molecular formula is C24H20N6O2. The van der Waals surface area contributed by atoms with Crippen LogP contribution in [0.15, 0.2) is 70.0 Å². The molecule has 3 aromatic heterocycles. The van der Waals surface area contributed by atoms with Crippen LogP contribution in [0.3, 0.4) is 0 Å². The topological polar surface area (TPSA) is 98.7 Å². The van der Waals surface area contributed by atoms with Crippen LogP contribution in [0.5, 0.6) is 0 Å². The first kappa shape index (κ1) is 19.6. The van der Waals surface area contributed by atoms with Crippen LogP contribution in [0.2, 0.25) is 0 Å². The monoisotopic (exact) mass is 424 g/mol. The van der Waals surface area contributed by atoms with Crippen LogP contribution in [0, 0.1) is 13.8 Å². The molecule has 0 bridgehead atoms. The first-order valence-electron chi connectivity index (χ1n) is 10.1. The third kappa shape index (κ3) is 3.51. The van der Waals surface area contributed by atoms with E-state index in [0.29, 0.717) is 28.9 Å². The molecule has 0 aliphatic heterocycles. The minimum Gasteiger partial charge on any atom is -0.421 e. The average molecular weight is 424 g/mol. The molecule has 32 heavy (non-hydrogen) atoms. The summed E-state index contributed by atoms with van der Waals surface area (Å²) in [5.74, 6) is 1.33. The second kappa shape index (κ2) is 7.73. The van der Waals surface area contributed by atoms with E-state index in [-0.39, 0.29) is 5.56 Å². The molecule has 0 radical (unpaired) electrons. The van der Waals surface area contributed by atoms with Crippen molar-refractivity contribution in [3.8, 4) is 22.6 Å². The van der Waals surface area contributed by atoms with Gasteiger partial charge in [0, 0.05) is 42.4 Å². The average Bonchev–Trinajstić information content (AvgIpc) is 3.24. The van der Waals surface area contributed by atoms with Gasteiger partial charge in [0.1, 0.15) is 5.65 Å². The molecule has 3 heterocycles. The molecule has 2 aromatic carbocycles. The van der Waals surface area contributed by atoms with Gasteiger partial charge in [-0.3, -0.25) is 9.36 Å². The Morgan fingerprint density at radius 1 is 0.969 bits per heavy atom. The van der Waals surface area contributed by atoms with E-state index >= 15 is 0 Å². The van der Waals surface area contributed by atoms with E-state index in [1.54, 1.807) is 24.7 Å². The van der Waals surface area contributed by atoms with Gasteiger partial charge in [-0.05, 0) is 48.4 Å². The lowest BCUT2D eigenvalue weighted by atomic mass is 9.98. The van der Waals surface area contributed by atoms with E-state index in [9.17, 15) is 4.79 Å². The molecule has 0 unspecified atom stereocenters. The number of aromatic nitrogens is 5. The first-order chi connectivity index (χ1) is 15.5. The number of anilines is 2. The number of nitrogens with zero attached hydrogens (tertiary/aromatic N) is 5. The lowest BCUT2D eigenvalue weighted by Crippen LogP contribution is -2.20. The molecule has 0 spiro atoms. The van der Waals surface area contributed by atoms with Crippen LogP contribution in [0.1, 0.15) is 11.5 Å². The molecule has 0 amide bonds. The molecule has 158 valence electrons. The number of para-hydroxylation sites is 1. The summed E-state index contributed by atoms with van der Waals surface area (Å²) >= 11 is 0. The standard InChI is InChI=1S/C24H20N6O2/c1-14-9-10-16(22-29-28-15(2)32-22)11-19(14)20-12-17-13-25-24(26-18-7-5-4-6-8-18)27-21(17)30(3)23(20)31/h4-13H,1-3H3,(H,25,26,27). The van der Waals surface area contributed by atoms with Crippen molar-refractivity contribution in [3.63, 3.8) is 0 Å². The van der Waals surface area contributed by atoms with Crippen LogP contribution in [0.25, 0.3) is 33.6 Å². The third-order valence-corrected chi connectivity index (χ3v) is 5.28. The Kier molecular flexibility index (Phi) is 4.74. The second-order valence-electron chi connectivity index (χ2n) is 7.54. The maximum atomic E-state index is 13.3. The quantitative estimate of drug-likeness (QED) is 0.456. The van der Waals surface area contributed by atoms with E-state index in [1.165, 1.54) is 0 Å². The fraction of sp³-hybridized carbons (Fsp3) is 0.125. The number of aryl methyl sites for hydroxylation is 3. The Balaban J connectivity index is 1.61.